The fourth-order valence-corrected chi connectivity index (χ4v) is 4.65. The highest BCUT2D eigenvalue weighted by molar-refractivity contribution is 9.13. The molecule has 0 amide bonds. The minimum Gasteiger partial charge on any atom is -0.374 e. The van der Waals surface area contributed by atoms with Crippen molar-refractivity contribution in [2.45, 2.75) is 32.0 Å². The van der Waals surface area contributed by atoms with Crippen LogP contribution in [0.5, 0.6) is 0 Å². The van der Waals surface area contributed by atoms with E-state index in [0.29, 0.717) is 12.6 Å². The van der Waals surface area contributed by atoms with Gasteiger partial charge in [-0.1, -0.05) is 0 Å². The lowest BCUT2D eigenvalue weighted by Gasteiger charge is -2.42. The Bertz CT molecular complexity index is 391. The van der Waals surface area contributed by atoms with Gasteiger partial charge in [0.15, 0.2) is 0 Å². The van der Waals surface area contributed by atoms with Gasteiger partial charge in [0.05, 0.1) is 22.5 Å². The van der Waals surface area contributed by atoms with Crippen LogP contribution in [0, 0.1) is 0 Å². The van der Waals surface area contributed by atoms with Gasteiger partial charge in [-0.2, -0.15) is 0 Å². The first kappa shape index (κ1) is 14.9. The molecule has 3 nitrogen and oxygen atoms in total. The second-order valence-corrected chi connectivity index (χ2v) is 7.95. The highest BCUT2D eigenvalue weighted by Crippen LogP contribution is 2.40. The number of thiophene rings is 1. The number of rotatable bonds is 3. The van der Waals surface area contributed by atoms with Crippen molar-refractivity contribution >= 4 is 43.2 Å². The Kier molecular flexibility index (Phi) is 5.25. The van der Waals surface area contributed by atoms with Gasteiger partial charge in [0, 0.05) is 28.5 Å². The molecule has 6 heteroatoms. The molecule has 1 aliphatic heterocycles. The van der Waals surface area contributed by atoms with E-state index in [1.165, 1.54) is 4.88 Å². The molecule has 0 bridgehead atoms. The van der Waals surface area contributed by atoms with E-state index in [1.807, 2.05) is 0 Å². The molecule has 1 fully saturated rings. The van der Waals surface area contributed by atoms with Crippen LogP contribution in [0.4, 0.5) is 0 Å². The lowest BCUT2D eigenvalue weighted by Crippen LogP contribution is -2.50. The second kappa shape index (κ2) is 6.33. The molecule has 1 aliphatic rings. The molecule has 2 N–H and O–H groups in total. The maximum atomic E-state index is 5.87. The lowest BCUT2D eigenvalue weighted by molar-refractivity contribution is -0.0777. The molecule has 102 valence electrons. The number of nitrogens with zero attached hydrogens (tertiary/aromatic N) is 1. The van der Waals surface area contributed by atoms with Crippen molar-refractivity contribution in [2.24, 2.45) is 5.73 Å². The van der Waals surface area contributed by atoms with Gasteiger partial charge in [0.2, 0.25) is 0 Å². The molecule has 0 saturated carbocycles. The second-order valence-electron chi connectivity index (χ2n) is 4.69. The molecular formula is C12H18Br2N2OS. The molecule has 0 aromatic carbocycles. The Morgan fingerprint density at radius 2 is 2.28 bits per heavy atom. The number of halogens is 2. The molecule has 1 aromatic rings. The number of ether oxygens (including phenoxy) is 1. The first-order valence-corrected chi connectivity index (χ1v) is 8.47. The normalized spacial score (nSPS) is 25.9. The number of hydrogen-bond donors (Lipinski definition) is 1. The Hall–Kier alpha value is 0.540. The SMILES string of the molecule is CC(C)N1CCOC(CN)C1c1cc(Br)c(Br)s1. The van der Waals surface area contributed by atoms with E-state index >= 15 is 0 Å². The third kappa shape index (κ3) is 2.99. The highest BCUT2D eigenvalue weighted by atomic mass is 79.9. The molecule has 2 unspecified atom stereocenters. The van der Waals surface area contributed by atoms with Crippen molar-refractivity contribution in [2.75, 3.05) is 19.7 Å². The summed E-state index contributed by atoms with van der Waals surface area (Å²) in [4.78, 5) is 3.78. The van der Waals surface area contributed by atoms with Crippen LogP contribution in [-0.4, -0.2) is 36.7 Å². The van der Waals surface area contributed by atoms with Gasteiger partial charge >= 0.3 is 0 Å². The van der Waals surface area contributed by atoms with Gasteiger partial charge in [-0.15, -0.1) is 11.3 Å². The standard InChI is InChI=1S/C12H18Br2N2OS/c1-7(2)16-3-4-17-9(6-15)11(16)10-5-8(13)12(14)18-10/h5,7,9,11H,3-4,6,15H2,1-2H3. The number of morpholine rings is 1. The largest absolute Gasteiger partial charge is 0.374 e. The summed E-state index contributed by atoms with van der Waals surface area (Å²) in [5, 5.41) is 0. The lowest BCUT2D eigenvalue weighted by atomic mass is 10.0. The van der Waals surface area contributed by atoms with E-state index in [9.17, 15) is 0 Å². The molecule has 0 aliphatic carbocycles. The van der Waals surface area contributed by atoms with E-state index in [2.05, 4.69) is 56.7 Å². The smallest absolute Gasteiger partial charge is 0.0902 e. The average Bonchev–Trinajstić information content (AvgIpc) is 2.68. The van der Waals surface area contributed by atoms with Gasteiger partial charge in [-0.3, -0.25) is 4.90 Å². The van der Waals surface area contributed by atoms with Crippen molar-refractivity contribution in [3.63, 3.8) is 0 Å². The van der Waals surface area contributed by atoms with Crippen molar-refractivity contribution in [1.82, 2.24) is 4.90 Å². The fourth-order valence-electron chi connectivity index (χ4n) is 2.39. The summed E-state index contributed by atoms with van der Waals surface area (Å²) in [6.45, 7) is 6.74. The van der Waals surface area contributed by atoms with Gasteiger partial charge in [-0.25, -0.2) is 0 Å². The maximum absolute atomic E-state index is 5.87. The zero-order valence-corrected chi connectivity index (χ0v) is 14.5. The third-order valence-corrected chi connectivity index (χ3v) is 6.57. The van der Waals surface area contributed by atoms with Crippen LogP contribution in [0.3, 0.4) is 0 Å². The quantitative estimate of drug-likeness (QED) is 0.849. The molecule has 18 heavy (non-hydrogen) atoms. The minimum atomic E-state index is 0.0820. The molecule has 1 aromatic heterocycles. The minimum absolute atomic E-state index is 0.0820. The van der Waals surface area contributed by atoms with Crippen LogP contribution in [0.25, 0.3) is 0 Å². The van der Waals surface area contributed by atoms with E-state index in [4.69, 9.17) is 10.5 Å². The van der Waals surface area contributed by atoms with Crippen molar-refractivity contribution in [3.05, 3.63) is 19.2 Å². The molecule has 0 spiro atoms. The first-order chi connectivity index (χ1) is 8.54. The third-order valence-electron chi connectivity index (χ3n) is 3.24. The molecule has 0 radical (unpaired) electrons. The molecule has 2 rings (SSSR count). The van der Waals surface area contributed by atoms with Gasteiger partial charge < -0.3 is 10.5 Å². The highest BCUT2D eigenvalue weighted by Gasteiger charge is 2.35. The first-order valence-electron chi connectivity index (χ1n) is 6.06. The zero-order valence-electron chi connectivity index (χ0n) is 10.5. The summed E-state index contributed by atoms with van der Waals surface area (Å²) in [7, 11) is 0. The zero-order chi connectivity index (χ0) is 13.3. The molecule has 2 atom stereocenters. The van der Waals surface area contributed by atoms with Crippen LogP contribution in [0.15, 0.2) is 14.3 Å². The van der Waals surface area contributed by atoms with Gasteiger partial charge in [0.25, 0.3) is 0 Å². The molecular weight excluding hydrogens is 380 g/mol. The molecule has 2 heterocycles. The Labute approximate surface area is 129 Å². The maximum Gasteiger partial charge on any atom is 0.0902 e. The Balaban J connectivity index is 2.33. The van der Waals surface area contributed by atoms with Crippen molar-refractivity contribution in [3.8, 4) is 0 Å². The summed E-state index contributed by atoms with van der Waals surface area (Å²) in [6, 6.07) is 2.93. The summed E-state index contributed by atoms with van der Waals surface area (Å²) >= 11 is 8.87. The van der Waals surface area contributed by atoms with Gasteiger partial charge in [-0.05, 0) is 51.8 Å². The van der Waals surface area contributed by atoms with Crippen molar-refractivity contribution in [1.29, 1.82) is 0 Å². The number of nitrogens with two attached hydrogens (primary N) is 1. The van der Waals surface area contributed by atoms with Crippen LogP contribution in [-0.2, 0) is 4.74 Å². The Morgan fingerprint density at radius 3 is 2.78 bits per heavy atom. The van der Waals surface area contributed by atoms with Crippen molar-refractivity contribution < 1.29 is 4.74 Å². The van der Waals surface area contributed by atoms with E-state index in [0.717, 1.165) is 21.4 Å². The summed E-state index contributed by atoms with van der Waals surface area (Å²) in [6.07, 6.45) is 0.0820. The number of hydrogen-bond acceptors (Lipinski definition) is 4. The predicted molar refractivity (Wildman–Crippen MR) is 83.1 cm³/mol. The topological polar surface area (TPSA) is 38.5 Å². The van der Waals surface area contributed by atoms with Crippen LogP contribution in [0.1, 0.15) is 24.8 Å². The summed E-state index contributed by atoms with van der Waals surface area (Å²) in [5.41, 5.74) is 5.87. The van der Waals surface area contributed by atoms with Gasteiger partial charge in [0.1, 0.15) is 0 Å². The predicted octanol–water partition coefficient (Wildman–Crippen LogP) is 3.38. The summed E-state index contributed by atoms with van der Waals surface area (Å²) in [5.74, 6) is 0. The average molecular weight is 398 g/mol. The van der Waals surface area contributed by atoms with E-state index in [1.54, 1.807) is 11.3 Å². The Morgan fingerprint density at radius 1 is 1.56 bits per heavy atom. The fraction of sp³-hybridized carbons (Fsp3) is 0.667. The molecule has 1 saturated heterocycles. The van der Waals surface area contributed by atoms with E-state index < -0.39 is 0 Å². The van der Waals surface area contributed by atoms with Crippen LogP contribution in [0.2, 0.25) is 0 Å². The monoisotopic (exact) mass is 396 g/mol. The summed E-state index contributed by atoms with van der Waals surface area (Å²) < 4.78 is 8.06. The van der Waals surface area contributed by atoms with Crippen LogP contribution >= 0.6 is 43.2 Å². The van der Waals surface area contributed by atoms with E-state index in [-0.39, 0.29) is 12.1 Å². The van der Waals surface area contributed by atoms with Crippen LogP contribution < -0.4 is 5.73 Å².